The minimum atomic E-state index is 0.223. The predicted octanol–water partition coefficient (Wildman–Crippen LogP) is 0.544. The molecule has 0 radical (unpaired) electrons. The van der Waals surface area contributed by atoms with E-state index in [2.05, 4.69) is 18.7 Å². The maximum absolute atomic E-state index is 9.85. The van der Waals surface area contributed by atoms with Gasteiger partial charge in [0, 0.05) is 6.54 Å². The van der Waals surface area contributed by atoms with Gasteiger partial charge < -0.3 is 14.4 Å². The summed E-state index contributed by atoms with van der Waals surface area (Å²) in [5, 5.41) is 0. The summed E-state index contributed by atoms with van der Waals surface area (Å²) in [6.07, 6.45) is 0.780. The first kappa shape index (κ1) is 10.6. The second-order valence-electron chi connectivity index (χ2n) is 2.27. The molecule has 0 fully saturated rings. The third-order valence-corrected chi connectivity index (χ3v) is 1.63. The van der Waals surface area contributed by atoms with E-state index in [0.717, 1.165) is 25.9 Å². The van der Waals surface area contributed by atoms with Crippen LogP contribution in [0, 0.1) is 0 Å². The summed E-state index contributed by atoms with van der Waals surface area (Å²) < 4.78 is 5.01. The number of nitrogens with zero attached hydrogens (tertiary/aromatic N) is 1. The molecule has 0 aliphatic carbocycles. The molecule has 0 aromatic carbocycles. The van der Waals surface area contributed by atoms with E-state index in [0.29, 0.717) is 6.61 Å². The molecule has 0 spiro atoms. The fourth-order valence-electron chi connectivity index (χ4n) is 0.865. The first-order chi connectivity index (χ1) is 5.35. The monoisotopic (exact) mass is 159 g/mol. The van der Waals surface area contributed by atoms with Crippen LogP contribution < -0.4 is 0 Å². The summed E-state index contributed by atoms with van der Waals surface area (Å²) in [5.74, 6) is 0. The predicted molar refractivity (Wildman–Crippen MR) is 44.7 cm³/mol. The second kappa shape index (κ2) is 7.69. The van der Waals surface area contributed by atoms with Crippen LogP contribution in [0.3, 0.4) is 0 Å². The summed E-state index contributed by atoms with van der Waals surface area (Å²) >= 11 is 0. The van der Waals surface area contributed by atoms with Gasteiger partial charge in [0.25, 0.3) is 0 Å². The second-order valence-corrected chi connectivity index (χ2v) is 2.27. The van der Waals surface area contributed by atoms with Crippen molar-refractivity contribution >= 4 is 6.29 Å². The van der Waals surface area contributed by atoms with Gasteiger partial charge in [-0.15, -0.1) is 0 Å². The van der Waals surface area contributed by atoms with Gasteiger partial charge in [-0.05, 0) is 13.1 Å². The Bertz CT molecular complexity index is 92.1. The van der Waals surface area contributed by atoms with Gasteiger partial charge >= 0.3 is 0 Å². The molecule has 0 heterocycles. The molecular formula is C8H17NO2. The van der Waals surface area contributed by atoms with Gasteiger partial charge in [0.05, 0.1) is 6.61 Å². The molecule has 0 bridgehead atoms. The molecule has 66 valence electrons. The number of ether oxygens (including phenoxy) is 1. The third kappa shape index (κ3) is 6.01. The Balaban J connectivity index is 3.13. The zero-order valence-corrected chi connectivity index (χ0v) is 7.38. The average molecular weight is 159 g/mol. The Labute approximate surface area is 68.3 Å². The van der Waals surface area contributed by atoms with Gasteiger partial charge in [-0.25, -0.2) is 0 Å². The van der Waals surface area contributed by atoms with Gasteiger partial charge in [0.2, 0.25) is 0 Å². The minimum absolute atomic E-state index is 0.223. The number of aldehydes is 1. The van der Waals surface area contributed by atoms with E-state index in [9.17, 15) is 4.79 Å². The number of hydrogen-bond acceptors (Lipinski definition) is 3. The van der Waals surface area contributed by atoms with Crippen molar-refractivity contribution in [3.63, 3.8) is 0 Å². The lowest BCUT2D eigenvalue weighted by molar-refractivity contribution is -0.111. The van der Waals surface area contributed by atoms with Gasteiger partial charge in [-0.1, -0.05) is 13.8 Å². The lowest BCUT2D eigenvalue weighted by atomic mass is 10.5. The molecule has 0 atom stereocenters. The van der Waals surface area contributed by atoms with Crippen molar-refractivity contribution in [2.45, 2.75) is 13.8 Å². The molecule has 0 unspecified atom stereocenters. The smallest absolute Gasteiger partial charge is 0.145 e. The van der Waals surface area contributed by atoms with Crippen molar-refractivity contribution < 1.29 is 9.53 Å². The Hall–Kier alpha value is -0.410. The van der Waals surface area contributed by atoms with Gasteiger partial charge in [-0.2, -0.15) is 0 Å². The average Bonchev–Trinajstić information content (AvgIpc) is 2.05. The molecule has 3 nitrogen and oxygen atoms in total. The molecule has 0 saturated carbocycles. The van der Waals surface area contributed by atoms with Gasteiger partial charge in [-0.3, -0.25) is 0 Å². The standard InChI is InChI=1S/C8H17NO2/c1-3-9(4-2)5-7-11-8-6-10/h6H,3-5,7-8H2,1-2H3. The summed E-state index contributed by atoms with van der Waals surface area (Å²) in [6, 6.07) is 0. The normalized spacial score (nSPS) is 10.5. The number of likely N-dealkylation sites (N-methyl/N-ethyl adjacent to an activating group) is 1. The summed E-state index contributed by atoms with van der Waals surface area (Å²) in [6.45, 7) is 8.11. The molecule has 0 aromatic heterocycles. The fraction of sp³-hybridized carbons (Fsp3) is 0.875. The maximum atomic E-state index is 9.85. The molecule has 0 aliphatic rings. The number of hydrogen-bond donors (Lipinski definition) is 0. The van der Waals surface area contributed by atoms with E-state index >= 15 is 0 Å². The lowest BCUT2D eigenvalue weighted by Crippen LogP contribution is -2.27. The largest absolute Gasteiger partial charge is 0.373 e. The maximum Gasteiger partial charge on any atom is 0.145 e. The van der Waals surface area contributed by atoms with E-state index in [1.54, 1.807) is 0 Å². The van der Waals surface area contributed by atoms with E-state index < -0.39 is 0 Å². The number of rotatable bonds is 7. The quantitative estimate of drug-likeness (QED) is 0.401. The highest BCUT2D eigenvalue weighted by atomic mass is 16.5. The van der Waals surface area contributed by atoms with E-state index in [-0.39, 0.29) is 6.61 Å². The van der Waals surface area contributed by atoms with Crippen LogP contribution in [0.15, 0.2) is 0 Å². The molecular weight excluding hydrogens is 142 g/mol. The van der Waals surface area contributed by atoms with Crippen molar-refractivity contribution in [2.75, 3.05) is 32.8 Å². The Kier molecular flexibility index (Phi) is 7.41. The lowest BCUT2D eigenvalue weighted by Gasteiger charge is -2.16. The Morgan fingerprint density at radius 1 is 1.36 bits per heavy atom. The summed E-state index contributed by atoms with van der Waals surface area (Å²) in [5.41, 5.74) is 0. The molecule has 0 saturated heterocycles. The van der Waals surface area contributed by atoms with E-state index in [4.69, 9.17) is 4.74 Å². The SMILES string of the molecule is CCN(CC)CCOCC=O. The van der Waals surface area contributed by atoms with Crippen molar-refractivity contribution in [2.24, 2.45) is 0 Å². The first-order valence-corrected chi connectivity index (χ1v) is 4.08. The van der Waals surface area contributed by atoms with E-state index in [1.807, 2.05) is 0 Å². The van der Waals surface area contributed by atoms with Crippen molar-refractivity contribution in [1.82, 2.24) is 4.90 Å². The van der Waals surface area contributed by atoms with Crippen LogP contribution >= 0.6 is 0 Å². The number of carbonyl (C=O) groups is 1. The number of carbonyl (C=O) groups excluding carboxylic acids is 1. The zero-order chi connectivity index (χ0) is 8.53. The molecule has 11 heavy (non-hydrogen) atoms. The van der Waals surface area contributed by atoms with Crippen LogP contribution in [0.1, 0.15) is 13.8 Å². The molecule has 0 rings (SSSR count). The topological polar surface area (TPSA) is 29.5 Å². The molecule has 0 aliphatic heterocycles. The van der Waals surface area contributed by atoms with Crippen LogP contribution in [0.4, 0.5) is 0 Å². The van der Waals surface area contributed by atoms with Crippen LogP contribution in [-0.2, 0) is 9.53 Å². The van der Waals surface area contributed by atoms with Gasteiger partial charge in [0.15, 0.2) is 0 Å². The summed E-state index contributed by atoms with van der Waals surface area (Å²) in [4.78, 5) is 12.1. The molecule has 0 amide bonds. The zero-order valence-electron chi connectivity index (χ0n) is 7.38. The van der Waals surface area contributed by atoms with Gasteiger partial charge in [0.1, 0.15) is 12.9 Å². The Morgan fingerprint density at radius 2 is 2.00 bits per heavy atom. The van der Waals surface area contributed by atoms with Crippen molar-refractivity contribution in [3.8, 4) is 0 Å². The molecule has 3 heteroatoms. The molecule has 0 aromatic rings. The summed E-state index contributed by atoms with van der Waals surface area (Å²) in [7, 11) is 0. The third-order valence-electron chi connectivity index (χ3n) is 1.63. The highest BCUT2D eigenvalue weighted by Crippen LogP contribution is 1.85. The van der Waals surface area contributed by atoms with Crippen LogP contribution in [0.25, 0.3) is 0 Å². The van der Waals surface area contributed by atoms with Crippen molar-refractivity contribution in [3.05, 3.63) is 0 Å². The Morgan fingerprint density at radius 3 is 2.45 bits per heavy atom. The minimum Gasteiger partial charge on any atom is -0.373 e. The first-order valence-electron chi connectivity index (χ1n) is 4.08. The van der Waals surface area contributed by atoms with E-state index in [1.165, 1.54) is 0 Å². The molecule has 0 N–H and O–H groups in total. The van der Waals surface area contributed by atoms with Crippen LogP contribution in [0.2, 0.25) is 0 Å². The van der Waals surface area contributed by atoms with Crippen molar-refractivity contribution in [1.29, 1.82) is 0 Å². The van der Waals surface area contributed by atoms with Crippen LogP contribution in [0.5, 0.6) is 0 Å². The van der Waals surface area contributed by atoms with Crippen LogP contribution in [-0.4, -0.2) is 44.0 Å². The highest BCUT2D eigenvalue weighted by Gasteiger charge is 1.96. The highest BCUT2D eigenvalue weighted by molar-refractivity contribution is 5.50. The fourth-order valence-corrected chi connectivity index (χ4v) is 0.865.